The standard InChI is InChI=1S/C30H22F2N6O9S/c1-13(39)46-21(22-29(44)37(11-12-45-22)18-7-4-8-19(35-18)47-30(31)32)26(41)34-17-10-9-16-23(20(17)24(33)40)48-36-25(16)38-27(42)14-5-2-3-6-15(14)28(38)43/h2-10,21-22,30H,11-12H2,1H3,(H2,33,40)(H,34,41). The van der Waals surface area contributed by atoms with Crippen LogP contribution in [0.25, 0.3) is 10.1 Å². The van der Waals surface area contributed by atoms with E-state index in [0.717, 1.165) is 34.3 Å². The number of esters is 1. The Labute approximate surface area is 272 Å². The minimum absolute atomic E-state index is 0.0442. The number of anilines is 3. The molecule has 246 valence electrons. The van der Waals surface area contributed by atoms with Crippen molar-refractivity contribution in [3.05, 3.63) is 71.3 Å². The van der Waals surface area contributed by atoms with Crippen molar-refractivity contribution in [2.45, 2.75) is 25.7 Å². The quantitative estimate of drug-likeness (QED) is 0.194. The highest BCUT2D eigenvalue weighted by molar-refractivity contribution is 7.14. The Hall–Kier alpha value is -5.88. The largest absolute Gasteiger partial charge is 0.449 e. The maximum Gasteiger partial charge on any atom is 0.388 e. The Kier molecular flexibility index (Phi) is 8.50. The first-order chi connectivity index (χ1) is 23.0. The molecule has 2 aliphatic heterocycles. The van der Waals surface area contributed by atoms with Crippen molar-refractivity contribution in [1.82, 2.24) is 9.36 Å². The Morgan fingerprint density at radius 3 is 2.40 bits per heavy atom. The van der Waals surface area contributed by atoms with E-state index in [1.54, 1.807) is 12.1 Å². The van der Waals surface area contributed by atoms with Crippen molar-refractivity contribution in [2.75, 3.05) is 28.3 Å². The zero-order chi connectivity index (χ0) is 34.3. The molecule has 6 rings (SSSR count). The number of hydrogen-bond donors (Lipinski definition) is 2. The minimum Gasteiger partial charge on any atom is -0.449 e. The number of rotatable bonds is 9. The molecule has 0 saturated carbocycles. The van der Waals surface area contributed by atoms with Crippen LogP contribution in [-0.4, -0.2) is 76.8 Å². The third-order valence-electron chi connectivity index (χ3n) is 7.28. The highest BCUT2D eigenvalue weighted by Gasteiger charge is 2.44. The molecule has 2 aromatic carbocycles. The number of morpholine rings is 1. The van der Waals surface area contributed by atoms with Gasteiger partial charge in [0.05, 0.1) is 40.2 Å². The topological polar surface area (TPSA) is 200 Å². The van der Waals surface area contributed by atoms with E-state index in [4.69, 9.17) is 15.2 Å². The number of nitrogens with one attached hydrogen (secondary N) is 1. The number of carbonyl (C=O) groups is 6. The number of primary amides is 1. The maximum absolute atomic E-state index is 13.6. The molecule has 2 aliphatic rings. The molecule has 4 heterocycles. The zero-order valence-corrected chi connectivity index (χ0v) is 25.4. The molecule has 0 spiro atoms. The number of benzene rings is 2. The normalized spacial score (nSPS) is 16.7. The molecule has 1 saturated heterocycles. The van der Waals surface area contributed by atoms with Crippen LogP contribution in [0.4, 0.5) is 26.1 Å². The molecular weight excluding hydrogens is 658 g/mol. The highest BCUT2D eigenvalue weighted by Crippen LogP contribution is 2.39. The van der Waals surface area contributed by atoms with Crippen molar-refractivity contribution in [1.29, 1.82) is 0 Å². The number of carbonyl (C=O) groups excluding carboxylic acids is 6. The van der Waals surface area contributed by atoms with Crippen LogP contribution in [0.1, 0.15) is 38.0 Å². The SMILES string of the molecule is CC(=O)OC(C(=O)Nc1ccc2c(N3C(=O)c4ccccc4C3=O)nsc2c1C(N)=O)C1OCCN(c2cccc(OC(F)F)n2)C1=O. The third kappa shape index (κ3) is 5.77. The summed E-state index contributed by atoms with van der Waals surface area (Å²) in [7, 11) is 0. The summed E-state index contributed by atoms with van der Waals surface area (Å²) in [6, 6.07) is 12.7. The van der Waals surface area contributed by atoms with Crippen LogP contribution in [0, 0.1) is 0 Å². The lowest BCUT2D eigenvalue weighted by molar-refractivity contribution is -0.167. The number of aromatic nitrogens is 2. The van der Waals surface area contributed by atoms with Crippen LogP contribution in [-0.2, 0) is 23.9 Å². The summed E-state index contributed by atoms with van der Waals surface area (Å²) in [6.45, 7) is -2.42. The van der Waals surface area contributed by atoms with Gasteiger partial charge in [-0.1, -0.05) is 18.2 Å². The van der Waals surface area contributed by atoms with Crippen molar-refractivity contribution in [2.24, 2.45) is 5.73 Å². The molecule has 4 aromatic rings. The number of alkyl halides is 2. The average molecular weight is 681 g/mol. The van der Waals surface area contributed by atoms with Gasteiger partial charge in [0, 0.05) is 18.4 Å². The second-order valence-electron chi connectivity index (χ2n) is 10.2. The van der Waals surface area contributed by atoms with Crippen LogP contribution in [0.2, 0.25) is 0 Å². The van der Waals surface area contributed by atoms with Crippen LogP contribution in [0.3, 0.4) is 0 Å². The number of halogens is 2. The smallest absolute Gasteiger partial charge is 0.388 e. The van der Waals surface area contributed by atoms with E-state index in [2.05, 4.69) is 19.4 Å². The zero-order valence-electron chi connectivity index (χ0n) is 24.5. The Morgan fingerprint density at radius 1 is 1.04 bits per heavy atom. The number of pyridine rings is 1. The first kappa shape index (κ1) is 32.1. The molecule has 48 heavy (non-hydrogen) atoms. The van der Waals surface area contributed by atoms with Gasteiger partial charge in [0.2, 0.25) is 12.0 Å². The van der Waals surface area contributed by atoms with E-state index in [1.165, 1.54) is 36.4 Å². The van der Waals surface area contributed by atoms with Crippen molar-refractivity contribution < 1.29 is 51.8 Å². The van der Waals surface area contributed by atoms with Crippen molar-refractivity contribution >= 4 is 74.4 Å². The summed E-state index contributed by atoms with van der Waals surface area (Å²) in [6.07, 6.45) is -3.61. The predicted molar refractivity (Wildman–Crippen MR) is 163 cm³/mol. The number of nitrogens with zero attached hydrogens (tertiary/aromatic N) is 4. The van der Waals surface area contributed by atoms with Crippen LogP contribution in [0.5, 0.6) is 5.88 Å². The summed E-state index contributed by atoms with van der Waals surface area (Å²) in [5, 5.41) is 2.66. The van der Waals surface area contributed by atoms with Gasteiger partial charge in [-0.2, -0.15) is 18.1 Å². The number of ether oxygens (including phenoxy) is 3. The second-order valence-corrected chi connectivity index (χ2v) is 11.0. The fraction of sp³-hybridized carbons (Fsp3) is 0.200. The Morgan fingerprint density at radius 2 is 1.75 bits per heavy atom. The highest BCUT2D eigenvalue weighted by atomic mass is 32.1. The molecule has 2 aromatic heterocycles. The molecule has 2 unspecified atom stereocenters. The Balaban J connectivity index is 1.30. The van der Waals surface area contributed by atoms with E-state index in [0.29, 0.717) is 0 Å². The molecule has 5 amide bonds. The van der Waals surface area contributed by atoms with E-state index in [1.807, 2.05) is 0 Å². The minimum atomic E-state index is -3.17. The van der Waals surface area contributed by atoms with Crippen molar-refractivity contribution in [3.63, 3.8) is 0 Å². The molecule has 0 radical (unpaired) electrons. The van der Waals surface area contributed by atoms with Gasteiger partial charge in [-0.05, 0) is 41.9 Å². The molecular formula is C30H22F2N6O9S. The van der Waals surface area contributed by atoms with E-state index < -0.39 is 60.2 Å². The summed E-state index contributed by atoms with van der Waals surface area (Å²) < 4.78 is 44.9. The summed E-state index contributed by atoms with van der Waals surface area (Å²) >= 11 is 0.747. The summed E-state index contributed by atoms with van der Waals surface area (Å²) in [5.41, 5.74) is 5.67. The van der Waals surface area contributed by atoms with Gasteiger partial charge in [0.25, 0.3) is 29.5 Å². The molecule has 2 atom stereocenters. The maximum atomic E-state index is 13.6. The van der Waals surface area contributed by atoms with Gasteiger partial charge in [0.15, 0.2) is 11.9 Å². The lowest BCUT2D eigenvalue weighted by Crippen LogP contribution is -2.56. The third-order valence-corrected chi connectivity index (χ3v) is 8.15. The lowest BCUT2D eigenvalue weighted by Gasteiger charge is -2.34. The van der Waals surface area contributed by atoms with Crippen LogP contribution < -0.4 is 25.6 Å². The number of nitrogens with two attached hydrogens (primary N) is 1. The van der Waals surface area contributed by atoms with E-state index >= 15 is 0 Å². The first-order valence-corrected chi connectivity index (χ1v) is 14.8. The second kappa shape index (κ2) is 12.7. The van der Waals surface area contributed by atoms with Gasteiger partial charge >= 0.3 is 12.6 Å². The van der Waals surface area contributed by atoms with Gasteiger partial charge in [-0.25, -0.2) is 4.90 Å². The van der Waals surface area contributed by atoms with E-state index in [9.17, 15) is 37.5 Å². The first-order valence-electron chi connectivity index (χ1n) is 14.0. The number of imide groups is 1. The van der Waals surface area contributed by atoms with E-state index in [-0.39, 0.29) is 57.3 Å². The number of hydrogen-bond acceptors (Lipinski definition) is 12. The monoisotopic (exact) mass is 680 g/mol. The fourth-order valence-electron chi connectivity index (χ4n) is 5.28. The molecule has 3 N–H and O–H groups in total. The number of fused-ring (bicyclic) bond motifs is 2. The molecule has 18 heteroatoms. The average Bonchev–Trinajstić information content (AvgIpc) is 3.57. The lowest BCUT2D eigenvalue weighted by atomic mass is 10.1. The number of amides is 5. The van der Waals surface area contributed by atoms with Crippen molar-refractivity contribution in [3.8, 4) is 5.88 Å². The summed E-state index contributed by atoms with van der Waals surface area (Å²) in [5.74, 6) is -5.75. The van der Waals surface area contributed by atoms with Gasteiger partial charge in [0.1, 0.15) is 5.82 Å². The molecule has 15 nitrogen and oxygen atoms in total. The molecule has 1 fully saturated rings. The molecule has 0 aliphatic carbocycles. The van der Waals surface area contributed by atoms with Crippen LogP contribution >= 0.6 is 11.5 Å². The fourth-order valence-corrected chi connectivity index (χ4v) is 6.20. The predicted octanol–water partition coefficient (Wildman–Crippen LogP) is 2.49. The molecule has 0 bridgehead atoms. The van der Waals surface area contributed by atoms with Crippen LogP contribution in [0.15, 0.2) is 54.6 Å². The summed E-state index contributed by atoms with van der Waals surface area (Å²) in [4.78, 5) is 83.9. The van der Waals surface area contributed by atoms with Gasteiger partial charge < -0.3 is 25.3 Å². The Bertz CT molecular complexity index is 1990. The van der Waals surface area contributed by atoms with Gasteiger partial charge in [-0.15, -0.1) is 0 Å². The van der Waals surface area contributed by atoms with Gasteiger partial charge in [-0.3, -0.25) is 33.7 Å².